The van der Waals surface area contributed by atoms with Gasteiger partial charge in [-0.05, 0) is 136 Å². The van der Waals surface area contributed by atoms with Gasteiger partial charge in [0.25, 0.3) is 0 Å². The van der Waals surface area contributed by atoms with E-state index < -0.39 is 0 Å². The van der Waals surface area contributed by atoms with Crippen LogP contribution in [0.4, 0.5) is 0 Å². The van der Waals surface area contributed by atoms with E-state index in [2.05, 4.69) is 146 Å². The summed E-state index contributed by atoms with van der Waals surface area (Å²) < 4.78 is 5.51. The van der Waals surface area contributed by atoms with Gasteiger partial charge in [0.1, 0.15) is 0 Å². The molecule has 258 valence electrons. The Hall–Kier alpha value is -5.02. The average Bonchev–Trinajstić information content (AvgIpc) is 3.88. The molecular weight excluding hydrogens is 689 g/mol. The third-order valence-electron chi connectivity index (χ3n) is 14.3. The van der Waals surface area contributed by atoms with Gasteiger partial charge in [0.05, 0.1) is 0 Å². The van der Waals surface area contributed by atoms with Crippen LogP contribution in [0.2, 0.25) is 0 Å². The lowest BCUT2D eigenvalue weighted by molar-refractivity contribution is -0.0399. The topological polar surface area (TPSA) is 0 Å². The zero-order chi connectivity index (χ0) is 35.1. The molecule has 5 aliphatic rings. The van der Waals surface area contributed by atoms with Crippen LogP contribution < -0.4 is 0 Å². The highest BCUT2D eigenvalue weighted by Gasteiger charge is 2.61. The summed E-state index contributed by atoms with van der Waals surface area (Å²) in [5.41, 5.74) is 14.3. The summed E-state index contributed by atoms with van der Waals surface area (Å²) in [4.78, 5) is 0. The summed E-state index contributed by atoms with van der Waals surface area (Å²) in [5.74, 6) is 3.39. The van der Waals surface area contributed by atoms with Gasteiger partial charge in [-0.25, -0.2) is 0 Å². The first kappa shape index (κ1) is 30.3. The van der Waals surface area contributed by atoms with Crippen molar-refractivity contribution in [3.8, 4) is 44.5 Å². The first-order valence-electron chi connectivity index (χ1n) is 19.9. The Balaban J connectivity index is 0.961. The molecule has 2 heteroatoms. The van der Waals surface area contributed by atoms with Gasteiger partial charge >= 0.3 is 0 Å². The zero-order valence-corrected chi connectivity index (χ0v) is 31.7. The van der Waals surface area contributed by atoms with Crippen molar-refractivity contribution in [2.45, 2.75) is 37.5 Å². The van der Waals surface area contributed by atoms with E-state index in [4.69, 9.17) is 0 Å². The Labute approximate surface area is 323 Å². The summed E-state index contributed by atoms with van der Waals surface area (Å²) in [7, 11) is 0. The standard InChI is InChI=1S/C52H38S2/c1-3-13-48-40(7-1)42-11-5-9-38(50(42)53-48)33-17-15-32(16-18-33)34-19-21-46-44(28-34)45-29-35(39-10-6-12-43-41-8-2-4-14-49(41)54-51(39)43)20-22-47(45)52(46)36-24-30-23-31(26-36)27-37(52)25-30/h1-22,28-31,36-37H,23-27H2. The molecule has 1 spiro atoms. The maximum absolute atomic E-state index is 2.59. The molecule has 0 saturated heterocycles. The minimum Gasteiger partial charge on any atom is -0.135 e. The molecule has 5 aliphatic carbocycles. The van der Waals surface area contributed by atoms with Crippen LogP contribution in [0.25, 0.3) is 84.9 Å². The largest absolute Gasteiger partial charge is 0.135 e. The predicted octanol–water partition coefficient (Wildman–Crippen LogP) is 15.1. The van der Waals surface area contributed by atoms with Gasteiger partial charge in [0.15, 0.2) is 0 Å². The summed E-state index contributed by atoms with van der Waals surface area (Å²) in [6.45, 7) is 0. The normalized spacial score (nSPS) is 23.6. The number of fused-ring (bicyclic) bond motifs is 9. The molecule has 0 N–H and O–H groups in total. The van der Waals surface area contributed by atoms with Crippen LogP contribution in [0.1, 0.15) is 43.2 Å². The molecule has 0 nitrogen and oxygen atoms in total. The van der Waals surface area contributed by atoms with Gasteiger partial charge in [0.2, 0.25) is 0 Å². The average molecular weight is 727 g/mol. The minimum atomic E-state index is 0.158. The Kier molecular flexibility index (Phi) is 6.19. The van der Waals surface area contributed by atoms with Gasteiger partial charge in [-0.15, -0.1) is 22.7 Å². The molecule has 2 aromatic heterocycles. The molecule has 2 heterocycles. The molecule has 4 bridgehead atoms. The lowest BCUT2D eigenvalue weighted by Gasteiger charge is -2.61. The van der Waals surface area contributed by atoms with Gasteiger partial charge in [0, 0.05) is 45.8 Å². The first-order valence-corrected chi connectivity index (χ1v) is 21.5. The van der Waals surface area contributed by atoms with Crippen molar-refractivity contribution in [2.75, 3.05) is 0 Å². The second-order valence-electron chi connectivity index (χ2n) is 16.8. The minimum absolute atomic E-state index is 0.158. The van der Waals surface area contributed by atoms with Crippen LogP contribution in [0.5, 0.6) is 0 Å². The van der Waals surface area contributed by atoms with Crippen LogP contribution in [0.15, 0.2) is 146 Å². The second kappa shape index (κ2) is 11.0. The lowest BCUT2D eigenvalue weighted by atomic mass is 9.43. The predicted molar refractivity (Wildman–Crippen MR) is 232 cm³/mol. The molecule has 0 atom stereocenters. The fourth-order valence-electron chi connectivity index (χ4n) is 12.3. The van der Waals surface area contributed by atoms with Crippen molar-refractivity contribution < 1.29 is 0 Å². The molecule has 4 fully saturated rings. The van der Waals surface area contributed by atoms with E-state index >= 15 is 0 Å². The first-order chi connectivity index (χ1) is 26.7. The van der Waals surface area contributed by atoms with E-state index in [1.807, 2.05) is 22.7 Å². The van der Waals surface area contributed by atoms with Crippen LogP contribution in [0, 0.1) is 23.7 Å². The smallest absolute Gasteiger partial charge is 0.0433 e. The lowest BCUT2D eigenvalue weighted by Crippen LogP contribution is -2.55. The van der Waals surface area contributed by atoms with Gasteiger partial charge in [-0.1, -0.05) is 121 Å². The highest BCUT2D eigenvalue weighted by molar-refractivity contribution is 7.26. The molecular formula is C52H38S2. The van der Waals surface area contributed by atoms with E-state index in [0.717, 1.165) is 23.7 Å². The van der Waals surface area contributed by atoms with Crippen molar-refractivity contribution in [3.05, 3.63) is 157 Å². The monoisotopic (exact) mass is 726 g/mol. The summed E-state index contributed by atoms with van der Waals surface area (Å²) >= 11 is 3.86. The van der Waals surface area contributed by atoms with Gasteiger partial charge in [-0.3, -0.25) is 0 Å². The number of thiophene rings is 2. The SMILES string of the molecule is c1ccc2c(c1)sc1c(-c3ccc(-c4ccc5c(c4)-c4cc(-c6cccc7c6sc6ccccc67)ccc4C54C5CC6CC(C5)CC4C6)cc3)cccc12. The van der Waals surface area contributed by atoms with Crippen molar-refractivity contribution in [1.29, 1.82) is 0 Å². The van der Waals surface area contributed by atoms with E-state index in [1.165, 1.54) is 117 Å². The Morgan fingerprint density at radius 3 is 1.43 bits per heavy atom. The van der Waals surface area contributed by atoms with Crippen LogP contribution in [-0.2, 0) is 5.41 Å². The van der Waals surface area contributed by atoms with Crippen molar-refractivity contribution in [3.63, 3.8) is 0 Å². The summed E-state index contributed by atoms with van der Waals surface area (Å²) in [6.07, 6.45) is 7.11. The van der Waals surface area contributed by atoms with Crippen LogP contribution in [-0.4, -0.2) is 0 Å². The van der Waals surface area contributed by atoms with Crippen molar-refractivity contribution in [1.82, 2.24) is 0 Å². The van der Waals surface area contributed by atoms with Crippen LogP contribution >= 0.6 is 22.7 Å². The van der Waals surface area contributed by atoms with Crippen LogP contribution in [0.3, 0.4) is 0 Å². The van der Waals surface area contributed by atoms with Crippen molar-refractivity contribution >= 4 is 63.0 Å². The fourth-order valence-corrected chi connectivity index (χ4v) is 14.8. The number of hydrogen-bond acceptors (Lipinski definition) is 2. The van der Waals surface area contributed by atoms with Gasteiger partial charge in [-0.2, -0.15) is 0 Å². The fraction of sp³-hybridized carbons (Fsp3) is 0.192. The highest BCUT2D eigenvalue weighted by atomic mass is 32.1. The van der Waals surface area contributed by atoms with E-state index in [9.17, 15) is 0 Å². The number of hydrogen-bond donors (Lipinski definition) is 0. The van der Waals surface area contributed by atoms with E-state index in [1.54, 1.807) is 11.1 Å². The summed E-state index contributed by atoms with van der Waals surface area (Å²) in [6, 6.07) is 56.1. The zero-order valence-electron chi connectivity index (χ0n) is 30.0. The number of benzene rings is 7. The molecule has 0 amide bonds. The van der Waals surface area contributed by atoms with E-state index in [-0.39, 0.29) is 5.41 Å². The molecule has 0 aliphatic heterocycles. The van der Waals surface area contributed by atoms with Gasteiger partial charge < -0.3 is 0 Å². The third-order valence-corrected chi connectivity index (χ3v) is 16.7. The van der Waals surface area contributed by atoms with Crippen molar-refractivity contribution in [2.24, 2.45) is 23.7 Å². The molecule has 9 aromatic rings. The quantitative estimate of drug-likeness (QED) is 0.170. The van der Waals surface area contributed by atoms with E-state index in [0.29, 0.717) is 0 Å². The Morgan fingerprint density at radius 1 is 0.370 bits per heavy atom. The Morgan fingerprint density at radius 2 is 0.833 bits per heavy atom. The molecule has 14 rings (SSSR count). The maximum atomic E-state index is 2.59. The molecule has 4 saturated carbocycles. The Bertz CT molecular complexity index is 2980. The third kappa shape index (κ3) is 4.03. The second-order valence-corrected chi connectivity index (χ2v) is 18.9. The summed E-state index contributed by atoms with van der Waals surface area (Å²) in [5, 5.41) is 5.46. The number of rotatable bonds is 3. The maximum Gasteiger partial charge on any atom is 0.0433 e. The molecule has 0 unspecified atom stereocenters. The highest BCUT2D eigenvalue weighted by Crippen LogP contribution is 2.69. The molecule has 7 aromatic carbocycles. The molecule has 0 radical (unpaired) electrons. The molecule has 54 heavy (non-hydrogen) atoms.